The normalized spacial score (nSPS) is 11.6. The monoisotopic (exact) mass is 217 g/mol. The first kappa shape index (κ1) is 10.7. The van der Waals surface area contributed by atoms with E-state index in [2.05, 4.69) is 5.10 Å². The van der Waals surface area contributed by atoms with Gasteiger partial charge in [0.25, 0.3) is 5.12 Å². The number of nitrogens with two attached hydrogens (primary N) is 1. The van der Waals surface area contributed by atoms with Gasteiger partial charge in [0.2, 0.25) is 9.84 Å². The maximum absolute atomic E-state index is 11.3. The fraction of sp³-hybridized carbons (Fsp3) is 0.429. The first-order chi connectivity index (χ1) is 6.38. The van der Waals surface area contributed by atoms with Crippen LogP contribution in [0.2, 0.25) is 0 Å². The van der Waals surface area contributed by atoms with Gasteiger partial charge in [0.05, 0.1) is 5.75 Å². The highest BCUT2D eigenvalue weighted by atomic mass is 32.2. The third-order valence-electron chi connectivity index (χ3n) is 1.79. The molecule has 2 N–H and O–H groups in total. The molecule has 0 radical (unpaired) electrons. The van der Waals surface area contributed by atoms with Crippen LogP contribution in [-0.4, -0.2) is 29.1 Å². The molecule has 0 unspecified atom stereocenters. The molecule has 0 spiro atoms. The van der Waals surface area contributed by atoms with E-state index >= 15 is 0 Å². The van der Waals surface area contributed by atoms with Gasteiger partial charge in [0.1, 0.15) is 11.5 Å². The van der Waals surface area contributed by atoms with Crippen LogP contribution in [0.25, 0.3) is 0 Å². The molecular weight excluding hydrogens is 206 g/mol. The van der Waals surface area contributed by atoms with Crippen molar-refractivity contribution in [2.45, 2.75) is 6.92 Å². The summed E-state index contributed by atoms with van der Waals surface area (Å²) in [5.74, 6) is 0.0159. The molecule has 0 aliphatic carbocycles. The van der Waals surface area contributed by atoms with Crippen LogP contribution in [-0.2, 0) is 16.9 Å². The van der Waals surface area contributed by atoms with Gasteiger partial charge in [0.15, 0.2) is 0 Å². The molecule has 0 fully saturated rings. The molecule has 0 aromatic carbocycles. The molecule has 1 aromatic heterocycles. The maximum Gasteiger partial charge on any atom is 0.296 e. The van der Waals surface area contributed by atoms with Crippen molar-refractivity contribution in [3.63, 3.8) is 0 Å². The van der Waals surface area contributed by atoms with E-state index in [1.54, 1.807) is 0 Å². The van der Waals surface area contributed by atoms with Gasteiger partial charge in [-0.3, -0.25) is 9.48 Å². The maximum atomic E-state index is 11.3. The molecule has 0 saturated carbocycles. The van der Waals surface area contributed by atoms with E-state index in [0.29, 0.717) is 0 Å². The van der Waals surface area contributed by atoms with Crippen LogP contribution in [0.15, 0.2) is 6.07 Å². The molecule has 1 rings (SSSR count). The lowest BCUT2D eigenvalue weighted by Gasteiger charge is -1.94. The first-order valence-corrected chi connectivity index (χ1v) is 5.60. The quantitative estimate of drug-likeness (QED) is 0.725. The summed E-state index contributed by atoms with van der Waals surface area (Å²) in [6.07, 6.45) is 0. The topological polar surface area (TPSA) is 95.0 Å². The van der Waals surface area contributed by atoms with Gasteiger partial charge in [-0.1, -0.05) is 6.92 Å². The zero-order chi connectivity index (χ0) is 10.9. The van der Waals surface area contributed by atoms with Crippen LogP contribution in [0.3, 0.4) is 0 Å². The Balaban J connectivity index is 3.14. The van der Waals surface area contributed by atoms with Crippen LogP contribution < -0.4 is 5.73 Å². The number of aryl methyl sites for hydroxylation is 1. The summed E-state index contributed by atoms with van der Waals surface area (Å²) < 4.78 is 23.6. The summed E-state index contributed by atoms with van der Waals surface area (Å²) in [5, 5.41) is 2.71. The average Bonchev–Trinajstić information content (AvgIpc) is 2.45. The van der Waals surface area contributed by atoms with Crippen molar-refractivity contribution in [3.8, 4) is 0 Å². The van der Waals surface area contributed by atoms with Gasteiger partial charge < -0.3 is 5.73 Å². The Morgan fingerprint density at radius 2 is 2.21 bits per heavy atom. The second kappa shape index (κ2) is 3.41. The highest BCUT2D eigenvalue weighted by molar-refractivity contribution is 8.06. The Bertz CT molecular complexity index is 441. The number of carbonyl (C=O) groups excluding carboxylic acids is 1. The predicted molar refractivity (Wildman–Crippen MR) is 51.4 cm³/mol. The second-order valence-corrected chi connectivity index (χ2v) is 4.95. The molecule has 7 heteroatoms. The number of nitrogens with zero attached hydrogens (tertiary/aromatic N) is 2. The van der Waals surface area contributed by atoms with Crippen LogP contribution in [0.4, 0.5) is 5.82 Å². The molecule has 0 amide bonds. The fourth-order valence-electron chi connectivity index (χ4n) is 0.872. The number of hydrogen-bond donors (Lipinski definition) is 1. The molecule has 1 aromatic rings. The lowest BCUT2D eigenvalue weighted by atomic mass is 10.5. The predicted octanol–water partition coefficient (Wildman–Crippen LogP) is -0.423. The van der Waals surface area contributed by atoms with E-state index in [0.717, 1.165) is 0 Å². The number of hydrogen-bond acceptors (Lipinski definition) is 5. The number of sulfone groups is 1. The molecule has 6 nitrogen and oxygen atoms in total. The first-order valence-electron chi connectivity index (χ1n) is 3.95. The van der Waals surface area contributed by atoms with E-state index in [4.69, 9.17) is 5.73 Å². The van der Waals surface area contributed by atoms with E-state index in [1.807, 2.05) is 0 Å². The van der Waals surface area contributed by atoms with E-state index in [9.17, 15) is 13.2 Å². The summed E-state index contributed by atoms with van der Waals surface area (Å²) in [6, 6.07) is 1.25. The highest BCUT2D eigenvalue weighted by Crippen LogP contribution is 2.08. The van der Waals surface area contributed by atoms with E-state index in [1.165, 1.54) is 24.7 Å². The van der Waals surface area contributed by atoms with Gasteiger partial charge >= 0.3 is 0 Å². The van der Waals surface area contributed by atoms with Crippen molar-refractivity contribution >= 4 is 20.8 Å². The van der Waals surface area contributed by atoms with E-state index in [-0.39, 0.29) is 17.3 Å². The van der Waals surface area contributed by atoms with Crippen LogP contribution in [0.1, 0.15) is 17.4 Å². The van der Waals surface area contributed by atoms with Crippen LogP contribution >= 0.6 is 0 Å². The largest absolute Gasteiger partial charge is 0.384 e. The summed E-state index contributed by atoms with van der Waals surface area (Å²) in [7, 11) is -2.19. The molecular formula is C7H11N3O3S. The van der Waals surface area contributed by atoms with Crippen molar-refractivity contribution < 1.29 is 13.2 Å². The van der Waals surface area contributed by atoms with Crippen molar-refractivity contribution in [1.82, 2.24) is 9.78 Å². The molecule has 78 valence electrons. The Morgan fingerprint density at radius 1 is 1.64 bits per heavy atom. The van der Waals surface area contributed by atoms with Gasteiger partial charge in [-0.15, -0.1) is 0 Å². The van der Waals surface area contributed by atoms with Crippen molar-refractivity contribution in [2.24, 2.45) is 7.05 Å². The number of nitrogen functional groups attached to an aromatic ring is 1. The lowest BCUT2D eigenvalue weighted by molar-refractivity contribution is 0.107. The Kier molecular flexibility index (Phi) is 2.61. The Hall–Kier alpha value is -1.37. The number of anilines is 1. The molecule has 0 bridgehead atoms. The molecule has 1 heterocycles. The summed E-state index contributed by atoms with van der Waals surface area (Å²) in [4.78, 5) is 11.3. The molecule has 0 atom stereocenters. The Labute approximate surface area is 81.6 Å². The molecule has 14 heavy (non-hydrogen) atoms. The lowest BCUT2D eigenvalue weighted by Crippen LogP contribution is -2.17. The third-order valence-corrected chi connectivity index (χ3v) is 3.32. The van der Waals surface area contributed by atoms with Crippen LogP contribution in [0.5, 0.6) is 0 Å². The molecule has 0 saturated heterocycles. The summed E-state index contributed by atoms with van der Waals surface area (Å²) in [6.45, 7) is 1.40. The standard InChI is InChI=1S/C7H11N3O3S/c1-3-14(12,13)7(11)5-4-6(8)10(2)9-5/h4H,3,8H2,1-2H3. The van der Waals surface area contributed by atoms with Crippen molar-refractivity contribution in [1.29, 1.82) is 0 Å². The zero-order valence-electron chi connectivity index (χ0n) is 7.89. The average molecular weight is 217 g/mol. The van der Waals surface area contributed by atoms with Gasteiger partial charge in [-0.25, -0.2) is 8.42 Å². The minimum absolute atomic E-state index is 0.133. The van der Waals surface area contributed by atoms with Gasteiger partial charge in [0, 0.05) is 13.1 Å². The minimum atomic E-state index is -3.72. The smallest absolute Gasteiger partial charge is 0.296 e. The highest BCUT2D eigenvalue weighted by Gasteiger charge is 2.24. The second-order valence-electron chi connectivity index (χ2n) is 2.77. The van der Waals surface area contributed by atoms with Gasteiger partial charge in [-0.05, 0) is 0 Å². The zero-order valence-corrected chi connectivity index (χ0v) is 8.71. The SMILES string of the molecule is CCS(=O)(=O)C(=O)c1cc(N)n(C)n1. The minimum Gasteiger partial charge on any atom is -0.384 e. The van der Waals surface area contributed by atoms with Crippen LogP contribution in [0, 0.1) is 0 Å². The molecule has 0 aliphatic rings. The summed E-state index contributed by atoms with van der Waals surface area (Å²) in [5.41, 5.74) is 5.28. The number of rotatable bonds is 2. The number of carbonyl (C=O) groups is 1. The summed E-state index contributed by atoms with van der Waals surface area (Å²) >= 11 is 0. The molecule has 0 aliphatic heterocycles. The third kappa shape index (κ3) is 1.77. The fourth-order valence-corrected chi connectivity index (χ4v) is 1.55. The van der Waals surface area contributed by atoms with E-state index < -0.39 is 15.0 Å². The van der Waals surface area contributed by atoms with Crippen molar-refractivity contribution in [2.75, 3.05) is 11.5 Å². The van der Waals surface area contributed by atoms with Crippen molar-refractivity contribution in [3.05, 3.63) is 11.8 Å². The number of aromatic nitrogens is 2. The Morgan fingerprint density at radius 3 is 2.57 bits per heavy atom. The van der Waals surface area contributed by atoms with Gasteiger partial charge in [-0.2, -0.15) is 5.10 Å².